The van der Waals surface area contributed by atoms with Gasteiger partial charge in [-0.05, 0) is 39.2 Å². The molecule has 1 fully saturated rings. The molecule has 17 heavy (non-hydrogen) atoms. The molecule has 1 aliphatic carbocycles. The van der Waals surface area contributed by atoms with Crippen LogP contribution in [0.25, 0.3) is 0 Å². The van der Waals surface area contributed by atoms with E-state index in [-0.39, 0.29) is 0 Å². The van der Waals surface area contributed by atoms with Crippen LogP contribution in [0.1, 0.15) is 43.2 Å². The highest BCUT2D eigenvalue weighted by Crippen LogP contribution is 2.25. The number of nitrogens with zero attached hydrogens (tertiary/aromatic N) is 2. The van der Waals surface area contributed by atoms with E-state index in [1.807, 2.05) is 5.51 Å². The lowest BCUT2D eigenvalue weighted by Crippen LogP contribution is -2.40. The van der Waals surface area contributed by atoms with Gasteiger partial charge in [0.1, 0.15) is 0 Å². The Labute approximate surface area is 108 Å². The minimum absolute atomic E-state index is 0.440. The van der Waals surface area contributed by atoms with Crippen molar-refractivity contribution in [2.24, 2.45) is 5.73 Å². The molecular formula is C13H23N3S. The summed E-state index contributed by atoms with van der Waals surface area (Å²) in [5.74, 6) is 0. The summed E-state index contributed by atoms with van der Waals surface area (Å²) >= 11 is 1.78. The first kappa shape index (κ1) is 13.0. The van der Waals surface area contributed by atoms with Gasteiger partial charge in [-0.1, -0.05) is 6.92 Å². The van der Waals surface area contributed by atoms with Crippen molar-refractivity contribution in [2.45, 2.75) is 58.2 Å². The number of nitrogens with two attached hydrogens (primary N) is 1. The fourth-order valence-electron chi connectivity index (χ4n) is 2.63. The molecule has 0 aliphatic heterocycles. The SMILES string of the molecule is CCN(Cc1scnc1C)C1CCC(N)CC1. The van der Waals surface area contributed by atoms with Gasteiger partial charge in [0.15, 0.2) is 0 Å². The Hall–Kier alpha value is -0.450. The van der Waals surface area contributed by atoms with E-state index < -0.39 is 0 Å². The summed E-state index contributed by atoms with van der Waals surface area (Å²) in [6.45, 7) is 6.55. The summed E-state index contributed by atoms with van der Waals surface area (Å²) in [6.07, 6.45) is 4.88. The van der Waals surface area contributed by atoms with Gasteiger partial charge in [-0.2, -0.15) is 0 Å². The lowest BCUT2D eigenvalue weighted by molar-refractivity contribution is 0.150. The van der Waals surface area contributed by atoms with E-state index in [0.717, 1.165) is 19.1 Å². The molecule has 4 heteroatoms. The Kier molecular flexibility index (Phi) is 4.54. The maximum atomic E-state index is 5.97. The zero-order valence-electron chi connectivity index (χ0n) is 10.9. The first-order valence-electron chi connectivity index (χ1n) is 6.59. The number of aryl methyl sites for hydroxylation is 1. The van der Waals surface area contributed by atoms with Crippen molar-refractivity contribution < 1.29 is 0 Å². The number of hydrogen-bond donors (Lipinski definition) is 1. The van der Waals surface area contributed by atoms with Crippen molar-refractivity contribution in [3.05, 3.63) is 16.1 Å². The fraction of sp³-hybridized carbons (Fsp3) is 0.769. The molecule has 2 N–H and O–H groups in total. The van der Waals surface area contributed by atoms with Gasteiger partial charge < -0.3 is 5.73 Å². The number of thiazole rings is 1. The van der Waals surface area contributed by atoms with Gasteiger partial charge in [-0.3, -0.25) is 4.90 Å². The van der Waals surface area contributed by atoms with Crippen LogP contribution in [0.2, 0.25) is 0 Å². The second-order valence-corrected chi connectivity index (χ2v) is 5.93. The van der Waals surface area contributed by atoms with Gasteiger partial charge in [0, 0.05) is 23.5 Å². The third kappa shape index (κ3) is 3.27. The summed E-state index contributed by atoms with van der Waals surface area (Å²) in [5.41, 5.74) is 9.12. The maximum absolute atomic E-state index is 5.97. The first-order chi connectivity index (χ1) is 8.20. The van der Waals surface area contributed by atoms with Crippen LogP contribution >= 0.6 is 11.3 Å². The van der Waals surface area contributed by atoms with Crippen LogP contribution in [0, 0.1) is 6.92 Å². The van der Waals surface area contributed by atoms with Crippen LogP contribution < -0.4 is 5.73 Å². The molecule has 0 radical (unpaired) electrons. The molecule has 0 aromatic carbocycles. The molecule has 1 aromatic heterocycles. The van der Waals surface area contributed by atoms with E-state index >= 15 is 0 Å². The minimum Gasteiger partial charge on any atom is -0.328 e. The van der Waals surface area contributed by atoms with E-state index in [4.69, 9.17) is 5.73 Å². The predicted molar refractivity (Wildman–Crippen MR) is 73.2 cm³/mol. The second-order valence-electron chi connectivity index (χ2n) is 4.99. The zero-order chi connectivity index (χ0) is 12.3. The number of aromatic nitrogens is 1. The molecule has 2 rings (SSSR count). The fourth-order valence-corrected chi connectivity index (χ4v) is 3.43. The van der Waals surface area contributed by atoms with Crippen molar-refractivity contribution in [3.8, 4) is 0 Å². The van der Waals surface area contributed by atoms with Gasteiger partial charge in [0.25, 0.3) is 0 Å². The van der Waals surface area contributed by atoms with Gasteiger partial charge >= 0.3 is 0 Å². The molecule has 0 saturated heterocycles. The van der Waals surface area contributed by atoms with Crippen LogP contribution in [-0.2, 0) is 6.54 Å². The summed E-state index contributed by atoms with van der Waals surface area (Å²) in [5, 5.41) is 0. The van der Waals surface area contributed by atoms with Gasteiger partial charge in [0.2, 0.25) is 0 Å². The van der Waals surface area contributed by atoms with Crippen LogP contribution in [-0.4, -0.2) is 28.5 Å². The first-order valence-corrected chi connectivity index (χ1v) is 7.47. The lowest BCUT2D eigenvalue weighted by Gasteiger charge is -2.35. The molecule has 1 heterocycles. The molecule has 0 atom stereocenters. The van der Waals surface area contributed by atoms with E-state index in [9.17, 15) is 0 Å². The molecule has 1 aromatic rings. The van der Waals surface area contributed by atoms with Crippen LogP contribution in [0.4, 0.5) is 0 Å². The topological polar surface area (TPSA) is 42.2 Å². The van der Waals surface area contributed by atoms with E-state index in [0.29, 0.717) is 6.04 Å². The Bertz CT molecular complexity index is 342. The average Bonchev–Trinajstić information content (AvgIpc) is 2.73. The monoisotopic (exact) mass is 253 g/mol. The number of rotatable bonds is 4. The molecular weight excluding hydrogens is 230 g/mol. The van der Waals surface area contributed by atoms with Crippen LogP contribution in [0.3, 0.4) is 0 Å². The van der Waals surface area contributed by atoms with Crippen molar-refractivity contribution in [1.82, 2.24) is 9.88 Å². The number of hydrogen-bond acceptors (Lipinski definition) is 4. The highest BCUT2D eigenvalue weighted by molar-refractivity contribution is 7.09. The van der Waals surface area contributed by atoms with Crippen molar-refractivity contribution in [1.29, 1.82) is 0 Å². The Morgan fingerprint density at radius 3 is 2.65 bits per heavy atom. The quantitative estimate of drug-likeness (QED) is 0.896. The van der Waals surface area contributed by atoms with Crippen molar-refractivity contribution >= 4 is 11.3 Å². The summed E-state index contributed by atoms with van der Waals surface area (Å²) in [6, 6.07) is 1.16. The molecule has 96 valence electrons. The highest BCUT2D eigenvalue weighted by Gasteiger charge is 2.23. The maximum Gasteiger partial charge on any atom is 0.0798 e. The minimum atomic E-state index is 0.440. The molecule has 1 aliphatic rings. The largest absolute Gasteiger partial charge is 0.328 e. The molecule has 0 unspecified atom stereocenters. The third-order valence-corrected chi connectivity index (χ3v) is 4.78. The Morgan fingerprint density at radius 1 is 1.41 bits per heavy atom. The summed E-state index contributed by atoms with van der Waals surface area (Å²) in [4.78, 5) is 8.34. The van der Waals surface area contributed by atoms with Crippen LogP contribution in [0.5, 0.6) is 0 Å². The normalized spacial score (nSPS) is 25.4. The van der Waals surface area contributed by atoms with Gasteiger partial charge in [0.05, 0.1) is 11.2 Å². The van der Waals surface area contributed by atoms with Crippen molar-refractivity contribution in [2.75, 3.05) is 6.54 Å². The van der Waals surface area contributed by atoms with E-state index in [2.05, 4.69) is 23.7 Å². The molecule has 1 saturated carbocycles. The summed E-state index contributed by atoms with van der Waals surface area (Å²) in [7, 11) is 0. The molecule has 0 amide bonds. The zero-order valence-corrected chi connectivity index (χ0v) is 11.7. The molecule has 0 bridgehead atoms. The smallest absolute Gasteiger partial charge is 0.0798 e. The average molecular weight is 253 g/mol. The molecule has 3 nitrogen and oxygen atoms in total. The highest BCUT2D eigenvalue weighted by atomic mass is 32.1. The third-order valence-electron chi connectivity index (χ3n) is 3.86. The van der Waals surface area contributed by atoms with Crippen molar-refractivity contribution in [3.63, 3.8) is 0 Å². The second kappa shape index (κ2) is 5.94. The van der Waals surface area contributed by atoms with Crippen LogP contribution in [0.15, 0.2) is 5.51 Å². The van der Waals surface area contributed by atoms with Gasteiger partial charge in [-0.25, -0.2) is 4.98 Å². The Balaban J connectivity index is 1.95. The van der Waals surface area contributed by atoms with E-state index in [1.54, 1.807) is 11.3 Å². The molecule has 0 spiro atoms. The Morgan fingerprint density at radius 2 is 2.12 bits per heavy atom. The lowest BCUT2D eigenvalue weighted by atomic mass is 9.90. The summed E-state index contributed by atoms with van der Waals surface area (Å²) < 4.78 is 0. The van der Waals surface area contributed by atoms with E-state index in [1.165, 1.54) is 36.3 Å². The van der Waals surface area contributed by atoms with Gasteiger partial charge in [-0.15, -0.1) is 11.3 Å². The standard InChI is InChI=1S/C13H23N3S/c1-3-16(8-13-10(2)15-9-17-13)12-6-4-11(14)5-7-12/h9,11-12H,3-8,14H2,1-2H3. The predicted octanol–water partition coefficient (Wildman–Crippen LogP) is 2.54.